The minimum absolute atomic E-state index is 0.522. The van der Waals surface area contributed by atoms with Crippen LogP contribution in [-0.2, 0) is 0 Å². The van der Waals surface area contributed by atoms with Crippen LogP contribution in [0.4, 0.5) is 0 Å². The van der Waals surface area contributed by atoms with Crippen LogP contribution in [0.1, 0.15) is 19.3 Å². The molecule has 1 heterocycles. The van der Waals surface area contributed by atoms with E-state index >= 15 is 0 Å². The third kappa shape index (κ3) is 2.43. The Morgan fingerprint density at radius 3 is 2.60 bits per heavy atom. The van der Waals surface area contributed by atoms with E-state index in [2.05, 4.69) is 13.1 Å². The van der Waals surface area contributed by atoms with Gasteiger partial charge in [-0.3, -0.25) is 0 Å². The van der Waals surface area contributed by atoms with E-state index in [0.717, 1.165) is 0 Å². The Balaban J connectivity index is 2.41. The first-order valence-electron chi connectivity index (χ1n) is 4.36. The highest BCUT2D eigenvalue weighted by Gasteiger charge is 2.24. The molecule has 1 rings (SSSR count). The van der Waals surface area contributed by atoms with Crippen molar-refractivity contribution >= 4 is 8.07 Å². The number of rotatable bonds is 0. The molecule has 0 bridgehead atoms. The molecule has 0 amide bonds. The quantitative estimate of drug-likeness (QED) is 0.536. The van der Waals surface area contributed by atoms with Crippen LogP contribution in [0.2, 0.25) is 25.2 Å². The van der Waals surface area contributed by atoms with Crippen LogP contribution < -0.4 is 5.73 Å². The first-order valence-corrected chi connectivity index (χ1v) is 7.77. The normalized spacial score (nSPS) is 33.3. The smallest absolute Gasteiger partial charge is 0.0474 e. The third-order valence-electron chi connectivity index (χ3n) is 2.62. The molecular formula is C8H19NSi. The second kappa shape index (κ2) is 3.05. The maximum absolute atomic E-state index is 5.88. The van der Waals surface area contributed by atoms with E-state index in [4.69, 9.17) is 5.73 Å². The summed E-state index contributed by atoms with van der Waals surface area (Å²) in [6.07, 6.45) is 3.95. The third-order valence-corrected chi connectivity index (χ3v) is 5.97. The molecule has 1 fully saturated rings. The van der Waals surface area contributed by atoms with Gasteiger partial charge in [-0.15, -0.1) is 0 Å². The summed E-state index contributed by atoms with van der Waals surface area (Å²) in [6, 6.07) is 3.48. The standard InChI is InChI=1S/C8H19NSi/c1-10(2)6-3-4-8(9)5-7-10/h8H,3-7,9H2,1-2H3/t8-/m1/s1. The molecule has 0 aromatic heterocycles. The van der Waals surface area contributed by atoms with E-state index in [0.29, 0.717) is 6.04 Å². The molecular weight excluding hydrogens is 138 g/mol. The van der Waals surface area contributed by atoms with Crippen molar-refractivity contribution in [2.24, 2.45) is 5.73 Å². The fourth-order valence-electron chi connectivity index (χ4n) is 1.69. The monoisotopic (exact) mass is 157 g/mol. The predicted molar refractivity (Wildman–Crippen MR) is 48.9 cm³/mol. The van der Waals surface area contributed by atoms with Gasteiger partial charge in [0.25, 0.3) is 0 Å². The molecule has 1 saturated heterocycles. The van der Waals surface area contributed by atoms with Crippen molar-refractivity contribution in [2.75, 3.05) is 0 Å². The van der Waals surface area contributed by atoms with Gasteiger partial charge >= 0.3 is 0 Å². The van der Waals surface area contributed by atoms with Gasteiger partial charge in [-0.2, -0.15) is 0 Å². The van der Waals surface area contributed by atoms with Gasteiger partial charge in [-0.25, -0.2) is 0 Å². The minimum atomic E-state index is -0.763. The van der Waals surface area contributed by atoms with Crippen molar-refractivity contribution in [3.05, 3.63) is 0 Å². The van der Waals surface area contributed by atoms with Gasteiger partial charge in [0.1, 0.15) is 0 Å². The lowest BCUT2D eigenvalue weighted by atomic mass is 10.1. The van der Waals surface area contributed by atoms with Crippen LogP contribution in [0.25, 0.3) is 0 Å². The Bertz CT molecular complexity index is 112. The zero-order valence-electron chi connectivity index (χ0n) is 7.19. The molecule has 0 radical (unpaired) electrons. The van der Waals surface area contributed by atoms with Gasteiger partial charge in [0, 0.05) is 14.1 Å². The van der Waals surface area contributed by atoms with E-state index in [1.54, 1.807) is 0 Å². The number of nitrogens with two attached hydrogens (primary N) is 1. The molecule has 1 atom stereocenters. The summed E-state index contributed by atoms with van der Waals surface area (Å²) in [5, 5.41) is 0. The van der Waals surface area contributed by atoms with Crippen LogP contribution in [-0.4, -0.2) is 14.1 Å². The summed E-state index contributed by atoms with van der Waals surface area (Å²) in [6.45, 7) is 4.98. The van der Waals surface area contributed by atoms with Crippen LogP contribution >= 0.6 is 0 Å². The maximum atomic E-state index is 5.88. The van der Waals surface area contributed by atoms with Gasteiger partial charge in [0.15, 0.2) is 0 Å². The maximum Gasteiger partial charge on any atom is 0.0474 e. The van der Waals surface area contributed by atoms with Crippen molar-refractivity contribution in [2.45, 2.75) is 50.5 Å². The van der Waals surface area contributed by atoms with E-state index in [-0.39, 0.29) is 0 Å². The van der Waals surface area contributed by atoms with Crippen LogP contribution in [0.5, 0.6) is 0 Å². The first kappa shape index (κ1) is 8.28. The molecule has 0 saturated carbocycles. The summed E-state index contributed by atoms with van der Waals surface area (Å²) < 4.78 is 0. The Kier molecular flexibility index (Phi) is 2.53. The van der Waals surface area contributed by atoms with Crippen molar-refractivity contribution in [3.8, 4) is 0 Å². The zero-order chi connectivity index (χ0) is 7.61. The van der Waals surface area contributed by atoms with E-state index < -0.39 is 8.07 Å². The Morgan fingerprint density at radius 2 is 1.90 bits per heavy atom. The highest BCUT2D eigenvalue weighted by Crippen LogP contribution is 2.26. The molecule has 2 heteroatoms. The van der Waals surface area contributed by atoms with Gasteiger partial charge < -0.3 is 5.73 Å². The largest absolute Gasteiger partial charge is 0.328 e. The lowest BCUT2D eigenvalue weighted by Gasteiger charge is -2.18. The van der Waals surface area contributed by atoms with Crippen molar-refractivity contribution in [1.29, 1.82) is 0 Å². The average Bonchev–Trinajstić information content (AvgIpc) is 1.94. The summed E-state index contributed by atoms with van der Waals surface area (Å²) in [5.41, 5.74) is 5.88. The highest BCUT2D eigenvalue weighted by atomic mass is 28.3. The molecule has 2 N–H and O–H groups in total. The molecule has 0 unspecified atom stereocenters. The first-order chi connectivity index (χ1) is 4.60. The molecule has 0 aromatic rings. The van der Waals surface area contributed by atoms with E-state index in [1.807, 2.05) is 0 Å². The topological polar surface area (TPSA) is 26.0 Å². The van der Waals surface area contributed by atoms with Gasteiger partial charge in [-0.1, -0.05) is 31.6 Å². The van der Waals surface area contributed by atoms with Crippen molar-refractivity contribution in [1.82, 2.24) is 0 Å². The van der Waals surface area contributed by atoms with Crippen LogP contribution in [0.3, 0.4) is 0 Å². The van der Waals surface area contributed by atoms with Gasteiger partial charge in [-0.05, 0) is 12.8 Å². The van der Waals surface area contributed by atoms with Crippen molar-refractivity contribution < 1.29 is 0 Å². The Morgan fingerprint density at radius 1 is 1.20 bits per heavy atom. The number of hydrogen-bond donors (Lipinski definition) is 1. The Labute approximate surface area is 65.0 Å². The minimum Gasteiger partial charge on any atom is -0.328 e. The highest BCUT2D eigenvalue weighted by molar-refractivity contribution is 6.77. The molecule has 0 aromatic carbocycles. The second-order valence-corrected chi connectivity index (χ2v) is 9.68. The molecule has 0 aliphatic carbocycles. The van der Waals surface area contributed by atoms with E-state index in [1.165, 1.54) is 31.4 Å². The van der Waals surface area contributed by atoms with Gasteiger partial charge in [0.2, 0.25) is 0 Å². The average molecular weight is 157 g/mol. The molecule has 10 heavy (non-hydrogen) atoms. The zero-order valence-corrected chi connectivity index (χ0v) is 8.19. The second-order valence-electron chi connectivity index (χ2n) is 4.36. The molecule has 1 nitrogen and oxygen atoms in total. The summed E-state index contributed by atoms with van der Waals surface area (Å²) >= 11 is 0. The molecule has 1 aliphatic rings. The number of hydrogen-bond acceptors (Lipinski definition) is 1. The van der Waals surface area contributed by atoms with Crippen LogP contribution in [0.15, 0.2) is 0 Å². The molecule has 60 valence electrons. The SMILES string of the molecule is C[Si]1(C)CCC[C@@H](N)CC1. The molecule has 0 spiro atoms. The summed E-state index contributed by atoms with van der Waals surface area (Å²) in [7, 11) is -0.763. The lowest BCUT2D eigenvalue weighted by Crippen LogP contribution is -2.24. The fourth-order valence-corrected chi connectivity index (χ4v) is 4.25. The van der Waals surface area contributed by atoms with Crippen molar-refractivity contribution in [3.63, 3.8) is 0 Å². The fraction of sp³-hybridized carbons (Fsp3) is 1.00. The predicted octanol–water partition coefficient (Wildman–Crippen LogP) is 2.21. The summed E-state index contributed by atoms with van der Waals surface area (Å²) in [5.74, 6) is 0. The van der Waals surface area contributed by atoms with Crippen LogP contribution in [0, 0.1) is 0 Å². The Hall–Kier alpha value is 0.177. The van der Waals surface area contributed by atoms with E-state index in [9.17, 15) is 0 Å². The lowest BCUT2D eigenvalue weighted by molar-refractivity contribution is 0.599. The molecule has 1 aliphatic heterocycles. The summed E-state index contributed by atoms with van der Waals surface area (Å²) in [4.78, 5) is 0. The van der Waals surface area contributed by atoms with Gasteiger partial charge in [0.05, 0.1) is 0 Å².